The third kappa shape index (κ3) is 4.20. The van der Waals surface area contributed by atoms with Gasteiger partial charge in [0.05, 0.1) is 5.75 Å². The van der Waals surface area contributed by atoms with Gasteiger partial charge in [0.15, 0.2) is 5.58 Å². The van der Waals surface area contributed by atoms with Crippen LogP contribution in [0.2, 0.25) is 5.02 Å². The maximum absolute atomic E-state index is 13.0. The number of hydrogen-bond donors (Lipinski definition) is 0. The van der Waals surface area contributed by atoms with Crippen molar-refractivity contribution in [1.29, 1.82) is 0 Å². The Morgan fingerprint density at radius 2 is 1.89 bits per heavy atom. The van der Waals surface area contributed by atoms with Crippen LogP contribution in [0.25, 0.3) is 11.1 Å². The standard InChI is InChI=1S/C19H17ClFN3O2S/c20-13-1-6-17-16(11-13)22-19(26-17)27-12-18(25)24-9-7-23(8-10-24)15-4-2-14(21)3-5-15/h1-6,11H,7-10,12H2. The van der Waals surface area contributed by atoms with Crippen LogP contribution in [0.15, 0.2) is 52.1 Å². The molecular weight excluding hydrogens is 389 g/mol. The normalized spacial score (nSPS) is 14.7. The van der Waals surface area contributed by atoms with E-state index in [9.17, 15) is 9.18 Å². The summed E-state index contributed by atoms with van der Waals surface area (Å²) >= 11 is 7.23. The number of carbonyl (C=O) groups is 1. The van der Waals surface area contributed by atoms with E-state index in [0.717, 1.165) is 18.8 Å². The Balaban J connectivity index is 1.30. The summed E-state index contributed by atoms with van der Waals surface area (Å²) in [5.41, 5.74) is 2.32. The van der Waals surface area contributed by atoms with Gasteiger partial charge in [-0.05, 0) is 42.5 Å². The third-order valence-corrected chi connectivity index (χ3v) is 5.52. The number of nitrogens with zero attached hydrogens (tertiary/aromatic N) is 3. The molecule has 0 unspecified atom stereocenters. The molecule has 0 radical (unpaired) electrons. The predicted molar refractivity (Wildman–Crippen MR) is 105 cm³/mol. The molecule has 0 atom stereocenters. The van der Waals surface area contributed by atoms with Crippen LogP contribution in [-0.4, -0.2) is 47.7 Å². The second kappa shape index (κ2) is 7.78. The zero-order valence-electron chi connectivity index (χ0n) is 14.4. The summed E-state index contributed by atoms with van der Waals surface area (Å²) in [5.74, 6) is 0.0852. The van der Waals surface area contributed by atoms with Crippen LogP contribution < -0.4 is 4.90 Å². The Morgan fingerprint density at radius 1 is 1.15 bits per heavy atom. The molecule has 1 saturated heterocycles. The molecule has 0 bridgehead atoms. The largest absolute Gasteiger partial charge is 0.431 e. The van der Waals surface area contributed by atoms with E-state index in [0.29, 0.717) is 34.4 Å². The van der Waals surface area contributed by atoms with Crippen molar-refractivity contribution in [1.82, 2.24) is 9.88 Å². The number of rotatable bonds is 4. The summed E-state index contributed by atoms with van der Waals surface area (Å²) in [4.78, 5) is 20.8. The number of carbonyl (C=O) groups excluding carboxylic acids is 1. The van der Waals surface area contributed by atoms with E-state index in [4.69, 9.17) is 16.0 Å². The average Bonchev–Trinajstić information content (AvgIpc) is 3.09. The molecule has 1 aromatic heterocycles. The molecule has 1 aliphatic rings. The number of benzene rings is 2. The molecule has 140 valence electrons. The van der Waals surface area contributed by atoms with Gasteiger partial charge in [-0.3, -0.25) is 4.79 Å². The van der Waals surface area contributed by atoms with E-state index in [1.165, 1.54) is 23.9 Å². The highest BCUT2D eigenvalue weighted by molar-refractivity contribution is 7.99. The Hall–Kier alpha value is -2.25. The SMILES string of the molecule is O=C(CSc1nc2cc(Cl)ccc2o1)N1CCN(c2ccc(F)cc2)CC1. The molecule has 5 nitrogen and oxygen atoms in total. The number of piperazine rings is 1. The van der Waals surface area contributed by atoms with Crippen molar-refractivity contribution in [2.45, 2.75) is 5.22 Å². The molecule has 27 heavy (non-hydrogen) atoms. The zero-order valence-corrected chi connectivity index (χ0v) is 16.0. The van der Waals surface area contributed by atoms with Crippen LogP contribution in [0.1, 0.15) is 0 Å². The quantitative estimate of drug-likeness (QED) is 0.612. The lowest BCUT2D eigenvalue weighted by Gasteiger charge is -2.36. The van der Waals surface area contributed by atoms with Crippen LogP contribution in [0.3, 0.4) is 0 Å². The molecule has 8 heteroatoms. The lowest BCUT2D eigenvalue weighted by atomic mass is 10.2. The zero-order chi connectivity index (χ0) is 18.8. The van der Waals surface area contributed by atoms with Gasteiger partial charge in [-0.25, -0.2) is 9.37 Å². The van der Waals surface area contributed by atoms with E-state index < -0.39 is 0 Å². The molecule has 1 aliphatic heterocycles. The number of hydrogen-bond acceptors (Lipinski definition) is 5. The fourth-order valence-electron chi connectivity index (χ4n) is 3.02. The van der Waals surface area contributed by atoms with Crippen LogP contribution in [0, 0.1) is 5.82 Å². The Bertz CT molecular complexity index is 955. The number of aromatic nitrogens is 1. The number of amides is 1. The van der Waals surface area contributed by atoms with Gasteiger partial charge in [-0.2, -0.15) is 0 Å². The van der Waals surface area contributed by atoms with Crippen LogP contribution in [0.5, 0.6) is 0 Å². The maximum atomic E-state index is 13.0. The highest BCUT2D eigenvalue weighted by Gasteiger charge is 2.22. The number of halogens is 2. The molecule has 0 spiro atoms. The molecule has 0 saturated carbocycles. The summed E-state index contributed by atoms with van der Waals surface area (Å²) in [5, 5.41) is 1.06. The van der Waals surface area contributed by atoms with Crippen molar-refractivity contribution in [2.75, 3.05) is 36.8 Å². The maximum Gasteiger partial charge on any atom is 0.257 e. The smallest absolute Gasteiger partial charge is 0.257 e. The van der Waals surface area contributed by atoms with Crippen molar-refractivity contribution >= 4 is 46.1 Å². The van der Waals surface area contributed by atoms with Crippen molar-refractivity contribution in [3.8, 4) is 0 Å². The molecule has 0 N–H and O–H groups in total. The van der Waals surface area contributed by atoms with Gasteiger partial charge in [-0.1, -0.05) is 23.4 Å². The third-order valence-electron chi connectivity index (χ3n) is 4.47. The minimum Gasteiger partial charge on any atom is -0.431 e. The van der Waals surface area contributed by atoms with E-state index >= 15 is 0 Å². The summed E-state index contributed by atoms with van der Waals surface area (Å²) in [7, 11) is 0. The molecule has 2 aromatic carbocycles. The van der Waals surface area contributed by atoms with Gasteiger partial charge >= 0.3 is 0 Å². The van der Waals surface area contributed by atoms with Gasteiger partial charge in [0.1, 0.15) is 11.3 Å². The Labute approximate surface area is 165 Å². The van der Waals surface area contributed by atoms with Crippen molar-refractivity contribution < 1.29 is 13.6 Å². The number of anilines is 1. The van der Waals surface area contributed by atoms with Crippen LogP contribution in [-0.2, 0) is 4.79 Å². The average molecular weight is 406 g/mol. The Morgan fingerprint density at radius 3 is 2.63 bits per heavy atom. The first-order valence-electron chi connectivity index (χ1n) is 8.56. The van der Waals surface area contributed by atoms with E-state index in [1.54, 1.807) is 30.3 Å². The van der Waals surface area contributed by atoms with E-state index in [2.05, 4.69) is 9.88 Å². The first-order valence-corrected chi connectivity index (χ1v) is 9.92. The van der Waals surface area contributed by atoms with Gasteiger partial charge in [0.2, 0.25) is 5.91 Å². The molecule has 1 fully saturated rings. The molecule has 0 aliphatic carbocycles. The molecular formula is C19H17ClFN3O2S. The predicted octanol–water partition coefficient (Wildman–Crippen LogP) is 4.06. The molecule has 3 aromatic rings. The van der Waals surface area contributed by atoms with Gasteiger partial charge < -0.3 is 14.2 Å². The lowest BCUT2D eigenvalue weighted by molar-refractivity contribution is -0.128. The van der Waals surface area contributed by atoms with Crippen molar-refractivity contribution in [2.24, 2.45) is 0 Å². The molecule has 4 rings (SSSR count). The van der Waals surface area contributed by atoms with Crippen LogP contribution >= 0.6 is 23.4 Å². The van der Waals surface area contributed by atoms with E-state index in [1.807, 2.05) is 4.90 Å². The van der Waals surface area contributed by atoms with Gasteiger partial charge in [0, 0.05) is 36.9 Å². The van der Waals surface area contributed by atoms with Crippen molar-refractivity contribution in [3.05, 3.63) is 53.3 Å². The summed E-state index contributed by atoms with van der Waals surface area (Å²) in [6.45, 7) is 2.73. The number of thioether (sulfide) groups is 1. The van der Waals surface area contributed by atoms with E-state index in [-0.39, 0.29) is 17.5 Å². The molecule has 2 heterocycles. The fraction of sp³-hybridized carbons (Fsp3) is 0.263. The highest BCUT2D eigenvalue weighted by Crippen LogP contribution is 2.26. The second-order valence-electron chi connectivity index (χ2n) is 6.22. The van der Waals surface area contributed by atoms with Crippen molar-refractivity contribution in [3.63, 3.8) is 0 Å². The topological polar surface area (TPSA) is 49.6 Å². The first-order chi connectivity index (χ1) is 13.1. The van der Waals surface area contributed by atoms with Gasteiger partial charge in [-0.15, -0.1) is 0 Å². The minimum atomic E-state index is -0.244. The monoisotopic (exact) mass is 405 g/mol. The summed E-state index contributed by atoms with van der Waals surface area (Å²) in [6, 6.07) is 11.7. The summed E-state index contributed by atoms with van der Waals surface area (Å²) in [6.07, 6.45) is 0. The Kier molecular flexibility index (Phi) is 5.22. The molecule has 1 amide bonds. The van der Waals surface area contributed by atoms with Gasteiger partial charge in [0.25, 0.3) is 5.22 Å². The highest BCUT2D eigenvalue weighted by atomic mass is 35.5. The summed E-state index contributed by atoms with van der Waals surface area (Å²) < 4.78 is 18.7. The first kappa shape index (κ1) is 18.1. The second-order valence-corrected chi connectivity index (χ2v) is 7.59. The number of fused-ring (bicyclic) bond motifs is 1. The van der Waals surface area contributed by atoms with Crippen LogP contribution in [0.4, 0.5) is 10.1 Å². The minimum absolute atomic E-state index is 0.0547. The fourth-order valence-corrected chi connectivity index (χ4v) is 3.93. The lowest BCUT2D eigenvalue weighted by Crippen LogP contribution is -2.49. The number of oxazole rings is 1.